The molecule has 0 spiro atoms. The molecule has 1 aromatic carbocycles. The van der Waals surface area contributed by atoms with E-state index in [4.69, 9.17) is 0 Å². The van der Waals surface area contributed by atoms with Crippen LogP contribution in [0.5, 0.6) is 5.88 Å². The summed E-state index contributed by atoms with van der Waals surface area (Å²) < 4.78 is 1.77. The average Bonchev–Trinajstić information content (AvgIpc) is 2.79. The molecule has 0 aliphatic carbocycles. The van der Waals surface area contributed by atoms with Crippen LogP contribution in [0.4, 0.5) is 0 Å². The minimum atomic E-state index is -0.371. The van der Waals surface area contributed by atoms with Gasteiger partial charge in [-0.3, -0.25) is 4.79 Å². The van der Waals surface area contributed by atoms with Crippen LogP contribution < -0.4 is 5.56 Å². The quantitative estimate of drug-likeness (QED) is 0.637. The molecular weight excluding hydrogens is 420 g/mol. The number of hydrogen-bond acceptors (Lipinski definition) is 4. The van der Waals surface area contributed by atoms with Gasteiger partial charge in [-0.15, -0.1) is 11.3 Å². The molecule has 3 aromatic rings. The number of nitrogens with one attached hydrogen (secondary N) is 1. The first-order valence-electron chi connectivity index (χ1n) is 5.90. The van der Waals surface area contributed by atoms with Crippen molar-refractivity contribution >= 4 is 43.2 Å². The summed E-state index contributed by atoms with van der Waals surface area (Å²) in [5.41, 5.74) is 0.433. The molecule has 106 valence electrons. The Bertz CT molecular complexity index is 840. The zero-order valence-corrected chi connectivity index (χ0v) is 14.4. The van der Waals surface area contributed by atoms with Crippen LogP contribution in [0, 0.1) is 0 Å². The Balaban J connectivity index is 2.15. The van der Waals surface area contributed by atoms with Crippen molar-refractivity contribution in [3.63, 3.8) is 0 Å². The highest BCUT2D eigenvalue weighted by Gasteiger charge is 2.15. The van der Waals surface area contributed by atoms with E-state index in [9.17, 15) is 9.90 Å². The van der Waals surface area contributed by atoms with Gasteiger partial charge in [0.1, 0.15) is 5.56 Å². The van der Waals surface area contributed by atoms with E-state index in [1.54, 1.807) is 24.3 Å². The van der Waals surface area contributed by atoms with Gasteiger partial charge in [0.25, 0.3) is 5.56 Å². The number of aromatic hydroxyl groups is 1. The number of nitrogens with zero attached hydrogens (tertiary/aromatic N) is 1. The summed E-state index contributed by atoms with van der Waals surface area (Å²) in [5.74, 6) is 0.0641. The lowest BCUT2D eigenvalue weighted by Gasteiger charge is -2.04. The molecule has 2 N–H and O–H groups in total. The van der Waals surface area contributed by atoms with Crippen molar-refractivity contribution in [3.05, 3.63) is 55.0 Å². The molecule has 2 heterocycles. The average molecular weight is 428 g/mol. The number of hydrogen-bond donors (Lipinski definition) is 2. The van der Waals surface area contributed by atoms with Crippen LogP contribution >= 0.6 is 43.2 Å². The summed E-state index contributed by atoms with van der Waals surface area (Å²) in [6, 6.07) is 10.8. The molecule has 7 heteroatoms. The first-order chi connectivity index (χ1) is 10.1. The number of halogens is 2. The Morgan fingerprint density at radius 1 is 1.19 bits per heavy atom. The third kappa shape index (κ3) is 2.81. The highest BCUT2D eigenvalue weighted by atomic mass is 79.9. The van der Waals surface area contributed by atoms with Gasteiger partial charge in [-0.05, 0) is 43.5 Å². The van der Waals surface area contributed by atoms with E-state index in [-0.39, 0.29) is 17.0 Å². The maximum Gasteiger partial charge on any atom is 0.262 e. The van der Waals surface area contributed by atoms with Gasteiger partial charge in [-0.2, -0.15) is 4.98 Å². The molecule has 0 radical (unpaired) electrons. The lowest BCUT2D eigenvalue weighted by Crippen LogP contribution is -2.11. The van der Waals surface area contributed by atoms with Crippen LogP contribution in [-0.4, -0.2) is 15.1 Å². The van der Waals surface area contributed by atoms with Crippen molar-refractivity contribution in [1.29, 1.82) is 0 Å². The van der Waals surface area contributed by atoms with Crippen LogP contribution in [0.3, 0.4) is 0 Å². The fraction of sp³-hybridized carbons (Fsp3) is 0. The standard InChI is InChI=1S/C14H8Br2N2O2S/c15-8-6-9(21-11(8)16)12-17-13(19)10(14(20)18-12)7-4-2-1-3-5-7/h1-6H,(H2,17,18,19,20). The third-order valence-corrected chi connectivity index (χ3v) is 6.10. The summed E-state index contributed by atoms with van der Waals surface area (Å²) in [6.07, 6.45) is 0. The van der Waals surface area contributed by atoms with E-state index in [1.165, 1.54) is 11.3 Å². The van der Waals surface area contributed by atoms with Gasteiger partial charge in [0, 0.05) is 4.47 Å². The Morgan fingerprint density at radius 3 is 2.48 bits per heavy atom. The summed E-state index contributed by atoms with van der Waals surface area (Å²) in [5, 5.41) is 10.1. The Kier molecular flexibility index (Phi) is 3.97. The van der Waals surface area contributed by atoms with Crippen LogP contribution in [-0.2, 0) is 0 Å². The number of aromatic amines is 1. The van der Waals surface area contributed by atoms with Gasteiger partial charge in [0.15, 0.2) is 5.82 Å². The van der Waals surface area contributed by atoms with Gasteiger partial charge in [0.2, 0.25) is 5.88 Å². The first kappa shape index (κ1) is 14.5. The van der Waals surface area contributed by atoms with Crippen molar-refractivity contribution < 1.29 is 5.11 Å². The number of thiophene rings is 1. The Labute approximate surface area is 140 Å². The summed E-state index contributed by atoms with van der Waals surface area (Å²) >= 11 is 8.19. The molecule has 21 heavy (non-hydrogen) atoms. The summed E-state index contributed by atoms with van der Waals surface area (Å²) in [6.45, 7) is 0. The van der Waals surface area contributed by atoms with Crippen molar-refractivity contribution in [2.45, 2.75) is 0 Å². The minimum absolute atomic E-state index is 0.175. The molecule has 0 atom stereocenters. The predicted molar refractivity (Wildman–Crippen MR) is 90.7 cm³/mol. The Morgan fingerprint density at radius 2 is 1.90 bits per heavy atom. The number of benzene rings is 1. The molecule has 0 saturated heterocycles. The number of aromatic nitrogens is 2. The molecule has 0 bridgehead atoms. The zero-order chi connectivity index (χ0) is 15.0. The molecule has 0 aliphatic heterocycles. The molecule has 0 saturated carbocycles. The second-order valence-electron chi connectivity index (χ2n) is 4.21. The molecule has 2 aromatic heterocycles. The van der Waals surface area contributed by atoms with Gasteiger partial charge in [-0.1, -0.05) is 30.3 Å². The molecule has 3 rings (SSSR count). The maximum absolute atomic E-state index is 12.3. The van der Waals surface area contributed by atoms with Gasteiger partial charge < -0.3 is 10.1 Å². The van der Waals surface area contributed by atoms with Crippen LogP contribution in [0.25, 0.3) is 21.8 Å². The third-order valence-electron chi connectivity index (χ3n) is 2.84. The molecule has 0 aliphatic rings. The van der Waals surface area contributed by atoms with Crippen LogP contribution in [0.1, 0.15) is 0 Å². The molecule has 0 unspecified atom stereocenters. The van der Waals surface area contributed by atoms with Gasteiger partial charge >= 0.3 is 0 Å². The molecule has 4 nitrogen and oxygen atoms in total. The van der Waals surface area contributed by atoms with E-state index in [1.807, 2.05) is 12.1 Å². The lowest BCUT2D eigenvalue weighted by molar-refractivity contribution is 0.454. The second-order valence-corrected chi connectivity index (χ2v) is 7.44. The molecular formula is C14H8Br2N2O2S. The monoisotopic (exact) mass is 426 g/mol. The normalized spacial score (nSPS) is 10.8. The van der Waals surface area contributed by atoms with E-state index in [0.717, 1.165) is 13.1 Å². The number of H-pyrrole nitrogens is 1. The zero-order valence-electron chi connectivity index (χ0n) is 10.4. The maximum atomic E-state index is 12.3. The topological polar surface area (TPSA) is 66.0 Å². The van der Waals surface area contributed by atoms with Crippen molar-refractivity contribution in [2.75, 3.05) is 0 Å². The van der Waals surface area contributed by atoms with E-state index < -0.39 is 0 Å². The predicted octanol–water partition coefficient (Wildman–Crippen LogP) is 4.40. The molecule has 0 amide bonds. The van der Waals surface area contributed by atoms with Gasteiger partial charge in [-0.25, -0.2) is 0 Å². The largest absolute Gasteiger partial charge is 0.493 e. The van der Waals surface area contributed by atoms with Gasteiger partial charge in [0.05, 0.1) is 8.66 Å². The summed E-state index contributed by atoms with van der Waals surface area (Å²) in [7, 11) is 0. The SMILES string of the molecule is O=c1[nH]c(-c2cc(Br)c(Br)s2)nc(O)c1-c1ccccc1. The fourth-order valence-electron chi connectivity index (χ4n) is 1.91. The Hall–Kier alpha value is -1.44. The van der Waals surface area contributed by atoms with Crippen molar-refractivity contribution in [1.82, 2.24) is 9.97 Å². The van der Waals surface area contributed by atoms with E-state index in [0.29, 0.717) is 11.4 Å². The first-order valence-corrected chi connectivity index (χ1v) is 8.30. The van der Waals surface area contributed by atoms with Crippen LogP contribution in [0.2, 0.25) is 0 Å². The number of rotatable bonds is 2. The van der Waals surface area contributed by atoms with Crippen molar-refractivity contribution in [3.8, 4) is 27.7 Å². The smallest absolute Gasteiger partial charge is 0.262 e. The fourth-order valence-corrected chi connectivity index (χ4v) is 3.89. The minimum Gasteiger partial charge on any atom is -0.493 e. The van der Waals surface area contributed by atoms with Crippen molar-refractivity contribution in [2.24, 2.45) is 0 Å². The lowest BCUT2D eigenvalue weighted by atomic mass is 10.1. The van der Waals surface area contributed by atoms with Crippen LogP contribution in [0.15, 0.2) is 49.5 Å². The molecule has 0 fully saturated rings. The van der Waals surface area contributed by atoms with E-state index in [2.05, 4.69) is 41.8 Å². The van der Waals surface area contributed by atoms with E-state index >= 15 is 0 Å². The highest BCUT2D eigenvalue weighted by Crippen LogP contribution is 2.37. The second kappa shape index (κ2) is 5.75. The highest BCUT2D eigenvalue weighted by molar-refractivity contribution is 9.13. The summed E-state index contributed by atoms with van der Waals surface area (Å²) in [4.78, 5) is 19.8.